The lowest BCUT2D eigenvalue weighted by molar-refractivity contribution is 0.0755. The Morgan fingerprint density at radius 3 is 2.71 bits per heavy atom. The first-order valence-corrected chi connectivity index (χ1v) is 8.64. The molecular weight excluding hydrogens is 300 g/mol. The number of anilines is 1. The van der Waals surface area contributed by atoms with Crippen molar-refractivity contribution in [1.29, 1.82) is 0 Å². The Morgan fingerprint density at radius 2 is 1.96 bits per heavy atom. The summed E-state index contributed by atoms with van der Waals surface area (Å²) in [6, 6.07) is 9.99. The predicted octanol–water partition coefficient (Wildman–Crippen LogP) is 3.41. The van der Waals surface area contributed by atoms with Gasteiger partial charge in [-0.25, -0.2) is 9.97 Å². The molecule has 1 aliphatic heterocycles. The van der Waals surface area contributed by atoms with Crippen LogP contribution in [0.5, 0.6) is 0 Å². The molecule has 0 atom stereocenters. The van der Waals surface area contributed by atoms with Crippen LogP contribution in [0, 0.1) is 6.92 Å². The van der Waals surface area contributed by atoms with Crippen LogP contribution < -0.4 is 5.32 Å². The number of carbonyl (C=O) groups is 1. The highest BCUT2D eigenvalue weighted by Crippen LogP contribution is 2.13. The van der Waals surface area contributed by atoms with Crippen LogP contribution in [0.3, 0.4) is 0 Å². The number of rotatable bonds is 4. The summed E-state index contributed by atoms with van der Waals surface area (Å²) in [6.07, 6.45) is 6.22. The van der Waals surface area contributed by atoms with Crippen molar-refractivity contribution in [3.05, 3.63) is 53.3 Å². The number of benzene rings is 1. The number of aryl methyl sites for hydroxylation is 1. The van der Waals surface area contributed by atoms with Crippen molar-refractivity contribution in [2.24, 2.45) is 0 Å². The van der Waals surface area contributed by atoms with Crippen molar-refractivity contribution >= 4 is 11.9 Å². The molecule has 0 saturated carbocycles. The molecule has 3 rings (SSSR count). The van der Waals surface area contributed by atoms with Gasteiger partial charge >= 0.3 is 0 Å². The lowest BCUT2D eigenvalue weighted by atomic mass is 10.1. The second-order valence-electron chi connectivity index (χ2n) is 6.31. The lowest BCUT2D eigenvalue weighted by Gasteiger charge is -2.19. The van der Waals surface area contributed by atoms with Crippen LogP contribution in [0.4, 0.5) is 5.95 Å². The monoisotopic (exact) mass is 324 g/mol. The Kier molecular flexibility index (Phi) is 5.41. The maximum Gasteiger partial charge on any atom is 0.272 e. The van der Waals surface area contributed by atoms with Gasteiger partial charge in [0, 0.05) is 25.8 Å². The first-order chi connectivity index (χ1) is 11.7. The van der Waals surface area contributed by atoms with Gasteiger partial charge in [0.05, 0.1) is 0 Å². The Labute approximate surface area is 143 Å². The van der Waals surface area contributed by atoms with Crippen molar-refractivity contribution in [1.82, 2.24) is 14.9 Å². The second-order valence-corrected chi connectivity index (χ2v) is 6.31. The molecule has 5 nitrogen and oxygen atoms in total. The maximum atomic E-state index is 12.6. The van der Waals surface area contributed by atoms with Crippen LogP contribution in [-0.4, -0.2) is 33.9 Å². The van der Waals surface area contributed by atoms with Gasteiger partial charge in [0.2, 0.25) is 5.95 Å². The first kappa shape index (κ1) is 16.4. The van der Waals surface area contributed by atoms with E-state index in [0.29, 0.717) is 18.2 Å². The summed E-state index contributed by atoms with van der Waals surface area (Å²) < 4.78 is 0. The topological polar surface area (TPSA) is 58.1 Å². The molecule has 1 amide bonds. The van der Waals surface area contributed by atoms with E-state index in [-0.39, 0.29) is 5.91 Å². The van der Waals surface area contributed by atoms with E-state index < -0.39 is 0 Å². The molecule has 0 spiro atoms. The van der Waals surface area contributed by atoms with Crippen LogP contribution in [0.2, 0.25) is 0 Å². The normalized spacial score (nSPS) is 15.0. The average Bonchev–Trinajstić information content (AvgIpc) is 2.89. The van der Waals surface area contributed by atoms with Crippen LogP contribution in [0.15, 0.2) is 36.5 Å². The van der Waals surface area contributed by atoms with E-state index in [2.05, 4.69) is 40.4 Å². The molecule has 1 aliphatic rings. The Bertz CT molecular complexity index is 693. The van der Waals surface area contributed by atoms with E-state index in [1.54, 1.807) is 12.3 Å². The van der Waals surface area contributed by atoms with E-state index in [1.165, 1.54) is 24.0 Å². The molecular formula is C19H24N4O. The maximum absolute atomic E-state index is 12.6. The van der Waals surface area contributed by atoms with Crippen molar-refractivity contribution in [2.75, 3.05) is 18.4 Å². The third kappa shape index (κ3) is 4.31. The van der Waals surface area contributed by atoms with Crippen molar-refractivity contribution in [3.8, 4) is 0 Å². The molecule has 1 fully saturated rings. The van der Waals surface area contributed by atoms with Crippen molar-refractivity contribution < 1.29 is 4.79 Å². The molecule has 0 unspecified atom stereocenters. The van der Waals surface area contributed by atoms with Gasteiger partial charge < -0.3 is 10.2 Å². The zero-order valence-corrected chi connectivity index (χ0v) is 14.2. The van der Waals surface area contributed by atoms with Crippen molar-refractivity contribution in [2.45, 2.75) is 39.2 Å². The number of hydrogen-bond donors (Lipinski definition) is 1. The fourth-order valence-electron chi connectivity index (χ4n) is 3.00. The summed E-state index contributed by atoms with van der Waals surface area (Å²) in [5.41, 5.74) is 2.86. The van der Waals surface area contributed by atoms with E-state index in [4.69, 9.17) is 0 Å². The number of hydrogen-bond acceptors (Lipinski definition) is 4. The van der Waals surface area contributed by atoms with Gasteiger partial charge in [-0.2, -0.15) is 0 Å². The Morgan fingerprint density at radius 1 is 1.17 bits per heavy atom. The van der Waals surface area contributed by atoms with E-state index in [1.807, 2.05) is 11.0 Å². The Hall–Kier alpha value is -2.43. The quantitative estimate of drug-likeness (QED) is 0.936. The molecule has 126 valence electrons. The largest absolute Gasteiger partial charge is 0.350 e. The minimum Gasteiger partial charge on any atom is -0.350 e. The highest BCUT2D eigenvalue weighted by molar-refractivity contribution is 5.92. The summed E-state index contributed by atoms with van der Waals surface area (Å²) >= 11 is 0. The van der Waals surface area contributed by atoms with Gasteiger partial charge in [0.25, 0.3) is 5.91 Å². The predicted molar refractivity (Wildman–Crippen MR) is 94.9 cm³/mol. The third-order valence-corrected chi connectivity index (χ3v) is 4.30. The molecule has 1 N–H and O–H groups in total. The molecule has 2 heterocycles. The SMILES string of the molecule is Cc1cccc(CNc2nccc(C(=O)N3CCCCCC3)n2)c1. The zero-order chi connectivity index (χ0) is 16.8. The second kappa shape index (κ2) is 7.90. The highest BCUT2D eigenvalue weighted by Gasteiger charge is 2.18. The first-order valence-electron chi connectivity index (χ1n) is 8.64. The van der Waals surface area contributed by atoms with Gasteiger partial charge in [-0.3, -0.25) is 4.79 Å². The summed E-state index contributed by atoms with van der Waals surface area (Å²) in [7, 11) is 0. The summed E-state index contributed by atoms with van der Waals surface area (Å²) in [5.74, 6) is 0.509. The van der Waals surface area contributed by atoms with E-state index in [9.17, 15) is 4.79 Å². The van der Waals surface area contributed by atoms with Gasteiger partial charge in [-0.05, 0) is 31.4 Å². The number of amides is 1. The van der Waals surface area contributed by atoms with E-state index in [0.717, 1.165) is 25.9 Å². The minimum absolute atomic E-state index is 0.0119. The summed E-state index contributed by atoms with van der Waals surface area (Å²) in [6.45, 7) is 4.37. The molecule has 0 radical (unpaired) electrons. The summed E-state index contributed by atoms with van der Waals surface area (Å²) in [4.78, 5) is 23.2. The molecule has 5 heteroatoms. The van der Waals surface area contributed by atoms with Gasteiger partial charge in [0.1, 0.15) is 5.69 Å². The van der Waals surface area contributed by atoms with Gasteiger partial charge in [0.15, 0.2) is 0 Å². The van der Waals surface area contributed by atoms with Crippen LogP contribution >= 0.6 is 0 Å². The smallest absolute Gasteiger partial charge is 0.272 e. The van der Waals surface area contributed by atoms with Crippen LogP contribution in [0.1, 0.15) is 47.3 Å². The summed E-state index contributed by atoms with van der Waals surface area (Å²) in [5, 5.41) is 3.21. The lowest BCUT2D eigenvalue weighted by Crippen LogP contribution is -2.32. The van der Waals surface area contributed by atoms with Crippen molar-refractivity contribution in [3.63, 3.8) is 0 Å². The molecule has 1 aromatic carbocycles. The number of nitrogens with one attached hydrogen (secondary N) is 1. The minimum atomic E-state index is 0.0119. The Balaban J connectivity index is 1.66. The molecule has 0 bridgehead atoms. The number of nitrogens with zero attached hydrogens (tertiary/aromatic N) is 3. The number of aromatic nitrogens is 2. The van der Waals surface area contributed by atoms with Crippen LogP contribution in [-0.2, 0) is 6.54 Å². The third-order valence-electron chi connectivity index (χ3n) is 4.30. The zero-order valence-electron chi connectivity index (χ0n) is 14.2. The molecule has 24 heavy (non-hydrogen) atoms. The number of likely N-dealkylation sites (tertiary alicyclic amines) is 1. The molecule has 1 aromatic heterocycles. The fourth-order valence-corrected chi connectivity index (χ4v) is 3.00. The molecule has 0 aliphatic carbocycles. The van der Waals surface area contributed by atoms with Gasteiger partial charge in [-0.1, -0.05) is 42.7 Å². The fraction of sp³-hybridized carbons (Fsp3) is 0.421. The standard InChI is InChI=1S/C19H24N4O/c1-15-7-6-8-16(13-15)14-21-19-20-10-9-17(22-19)18(24)23-11-4-2-3-5-12-23/h6-10,13H,2-5,11-12,14H2,1H3,(H,20,21,22). The van der Waals surface area contributed by atoms with Crippen LogP contribution in [0.25, 0.3) is 0 Å². The van der Waals surface area contributed by atoms with E-state index >= 15 is 0 Å². The average molecular weight is 324 g/mol. The molecule has 2 aromatic rings. The molecule has 1 saturated heterocycles. The highest BCUT2D eigenvalue weighted by atomic mass is 16.2. The van der Waals surface area contributed by atoms with Gasteiger partial charge in [-0.15, -0.1) is 0 Å². The number of carbonyl (C=O) groups excluding carboxylic acids is 1.